The van der Waals surface area contributed by atoms with Crippen LogP contribution >= 0.6 is 15.9 Å². The van der Waals surface area contributed by atoms with Crippen molar-refractivity contribution in [2.24, 2.45) is 0 Å². The van der Waals surface area contributed by atoms with Crippen LogP contribution in [0, 0.1) is 6.92 Å². The average Bonchev–Trinajstić information content (AvgIpc) is 2.70. The van der Waals surface area contributed by atoms with E-state index in [2.05, 4.69) is 15.9 Å². The second-order valence-corrected chi connectivity index (χ2v) is 7.52. The molecule has 5 nitrogen and oxygen atoms in total. The Morgan fingerprint density at radius 3 is 2.73 bits per heavy atom. The maximum Gasteiger partial charge on any atom is 0.253 e. The van der Waals surface area contributed by atoms with E-state index in [1.165, 1.54) is 0 Å². The first-order chi connectivity index (χ1) is 10.4. The number of carbonyl (C=O) groups is 1. The fourth-order valence-corrected chi connectivity index (χ4v) is 3.79. The third kappa shape index (κ3) is 3.67. The Hall–Kier alpha value is -1.41. The number of hydrogen-bond acceptors (Lipinski definition) is 3. The summed E-state index contributed by atoms with van der Waals surface area (Å²) in [5, 5.41) is 0.952. The molecule has 0 unspecified atom stereocenters. The molecule has 0 aliphatic carbocycles. The van der Waals surface area contributed by atoms with Crippen molar-refractivity contribution >= 4 is 42.8 Å². The number of fused-ring (bicyclic) bond motifs is 1. The minimum atomic E-state index is -3.79. The van der Waals surface area contributed by atoms with Crippen LogP contribution in [-0.2, 0) is 21.4 Å². The van der Waals surface area contributed by atoms with Crippen LogP contribution in [0.2, 0.25) is 0 Å². The monoisotopic (exact) mass is 390 g/mol. The highest BCUT2D eigenvalue weighted by atomic mass is 79.9. The molecule has 8 heteroatoms. The quantitative estimate of drug-likeness (QED) is 0.823. The van der Waals surface area contributed by atoms with Gasteiger partial charge in [-0.25, -0.2) is 8.42 Å². The number of sulfonamides is 1. The Labute approximate surface area is 136 Å². The third-order valence-electron chi connectivity index (χ3n) is 3.27. The van der Waals surface area contributed by atoms with Gasteiger partial charge in [0.1, 0.15) is 6.54 Å². The lowest BCUT2D eigenvalue weighted by molar-refractivity contribution is -0.119. The number of halogens is 2. The number of benzene rings is 1. The molecule has 0 radical (unpaired) electrons. The first kappa shape index (κ1) is 17.0. The molecule has 1 aromatic carbocycles. The summed E-state index contributed by atoms with van der Waals surface area (Å²) in [5.41, 5.74) is 1.67. The van der Waals surface area contributed by atoms with Crippen molar-refractivity contribution in [3.05, 3.63) is 34.4 Å². The molecule has 1 N–H and O–H groups in total. The summed E-state index contributed by atoms with van der Waals surface area (Å²) in [4.78, 5) is 12.0. The molecule has 2 aromatic rings. The zero-order valence-electron chi connectivity index (χ0n) is 12.0. The van der Waals surface area contributed by atoms with Crippen molar-refractivity contribution in [3.63, 3.8) is 0 Å². The van der Waals surface area contributed by atoms with Crippen molar-refractivity contribution in [1.29, 1.82) is 0 Å². The number of carbonyl (C=O) groups excluding carboxylic acids is 1. The highest BCUT2D eigenvalue weighted by Crippen LogP contribution is 2.30. The number of aromatic nitrogens is 1. The number of rotatable bonds is 6. The second kappa shape index (κ2) is 6.78. The summed E-state index contributed by atoms with van der Waals surface area (Å²) >= 11 is 3.47. The van der Waals surface area contributed by atoms with Crippen LogP contribution in [0.1, 0.15) is 12.1 Å². The van der Waals surface area contributed by atoms with E-state index in [-0.39, 0.29) is 13.0 Å². The van der Waals surface area contributed by atoms with Gasteiger partial charge in [0.2, 0.25) is 10.0 Å². The average molecular weight is 391 g/mol. The van der Waals surface area contributed by atoms with Crippen molar-refractivity contribution in [3.8, 4) is 0 Å². The SMILES string of the molecule is Cc1c(Br)c2ccccc2n1CC(=O)NS(=O)(=O)CCCF. The summed E-state index contributed by atoms with van der Waals surface area (Å²) in [6.07, 6.45) is -0.125. The van der Waals surface area contributed by atoms with Crippen LogP contribution in [0.3, 0.4) is 0 Å². The minimum Gasteiger partial charge on any atom is -0.334 e. The van der Waals surface area contributed by atoms with E-state index in [0.29, 0.717) is 0 Å². The van der Waals surface area contributed by atoms with E-state index >= 15 is 0 Å². The first-order valence-electron chi connectivity index (χ1n) is 6.68. The molecule has 0 saturated carbocycles. The molecule has 0 spiro atoms. The lowest BCUT2D eigenvalue weighted by Gasteiger charge is -2.09. The maximum atomic E-state index is 12.1. The van der Waals surface area contributed by atoms with Crippen LogP contribution in [0.25, 0.3) is 10.9 Å². The Kier molecular flexibility index (Phi) is 5.23. The maximum absolute atomic E-state index is 12.1. The van der Waals surface area contributed by atoms with Gasteiger partial charge in [0.05, 0.1) is 12.4 Å². The molecule has 0 fully saturated rings. The molecule has 0 saturated heterocycles. The molecule has 0 bridgehead atoms. The zero-order chi connectivity index (χ0) is 16.3. The van der Waals surface area contributed by atoms with E-state index in [1.807, 2.05) is 35.9 Å². The zero-order valence-corrected chi connectivity index (χ0v) is 14.4. The smallest absolute Gasteiger partial charge is 0.253 e. The molecule has 0 atom stereocenters. The van der Waals surface area contributed by atoms with Crippen LogP contribution in [0.4, 0.5) is 4.39 Å². The van der Waals surface area contributed by atoms with Crippen LogP contribution in [-0.4, -0.2) is 31.3 Å². The Morgan fingerprint density at radius 2 is 2.05 bits per heavy atom. The van der Waals surface area contributed by atoms with Gasteiger partial charge in [-0.05, 0) is 35.3 Å². The lowest BCUT2D eigenvalue weighted by Crippen LogP contribution is -2.35. The standard InChI is InChI=1S/C14H16BrFN2O3S/c1-10-14(15)11-5-2-3-6-12(11)18(10)9-13(19)17-22(20,21)8-4-7-16/h2-3,5-6H,4,7-9H2,1H3,(H,17,19). The van der Waals surface area contributed by atoms with Crippen molar-refractivity contribution < 1.29 is 17.6 Å². The Bertz CT molecular complexity index is 802. The molecule has 1 amide bonds. The number of para-hydroxylation sites is 1. The van der Waals surface area contributed by atoms with E-state index < -0.39 is 28.4 Å². The van der Waals surface area contributed by atoms with E-state index in [0.717, 1.165) is 21.1 Å². The number of alkyl halides is 1. The van der Waals surface area contributed by atoms with E-state index in [1.54, 1.807) is 4.57 Å². The highest BCUT2D eigenvalue weighted by molar-refractivity contribution is 9.10. The van der Waals surface area contributed by atoms with E-state index in [4.69, 9.17) is 0 Å². The molecular weight excluding hydrogens is 375 g/mol. The largest absolute Gasteiger partial charge is 0.334 e. The summed E-state index contributed by atoms with van der Waals surface area (Å²) < 4.78 is 39.9. The summed E-state index contributed by atoms with van der Waals surface area (Å²) in [7, 11) is -3.79. The van der Waals surface area contributed by atoms with Gasteiger partial charge in [0.25, 0.3) is 5.91 Å². The van der Waals surface area contributed by atoms with Gasteiger partial charge in [-0.2, -0.15) is 0 Å². The van der Waals surface area contributed by atoms with Crippen molar-refractivity contribution in [1.82, 2.24) is 9.29 Å². The summed E-state index contributed by atoms with van der Waals surface area (Å²) in [5.74, 6) is -1.04. The Balaban J connectivity index is 2.21. The molecule has 1 heterocycles. The fourth-order valence-electron chi connectivity index (χ4n) is 2.24. The molecule has 120 valence electrons. The summed E-state index contributed by atoms with van der Waals surface area (Å²) in [6.45, 7) is 0.991. The molecule has 1 aromatic heterocycles. The molecule has 2 rings (SSSR count). The predicted molar refractivity (Wildman–Crippen MR) is 86.9 cm³/mol. The van der Waals surface area contributed by atoms with Crippen LogP contribution in [0.5, 0.6) is 0 Å². The van der Waals surface area contributed by atoms with Crippen molar-refractivity contribution in [2.75, 3.05) is 12.4 Å². The predicted octanol–water partition coefficient (Wildman–Crippen LogP) is 2.52. The lowest BCUT2D eigenvalue weighted by atomic mass is 10.2. The summed E-state index contributed by atoms with van der Waals surface area (Å²) in [6, 6.07) is 7.51. The first-order valence-corrected chi connectivity index (χ1v) is 9.13. The normalized spacial score (nSPS) is 11.8. The number of nitrogens with one attached hydrogen (secondary N) is 1. The van der Waals surface area contributed by atoms with Gasteiger partial charge >= 0.3 is 0 Å². The van der Waals surface area contributed by atoms with Gasteiger partial charge in [0.15, 0.2) is 0 Å². The third-order valence-corrected chi connectivity index (χ3v) is 5.64. The van der Waals surface area contributed by atoms with Gasteiger partial charge in [0, 0.05) is 21.1 Å². The number of nitrogens with zero attached hydrogens (tertiary/aromatic N) is 1. The van der Waals surface area contributed by atoms with Crippen LogP contribution in [0.15, 0.2) is 28.7 Å². The van der Waals surface area contributed by atoms with Gasteiger partial charge in [-0.3, -0.25) is 13.9 Å². The molecular formula is C14H16BrFN2O3S. The number of amides is 1. The molecule has 0 aliphatic rings. The number of hydrogen-bond donors (Lipinski definition) is 1. The highest BCUT2D eigenvalue weighted by Gasteiger charge is 2.18. The minimum absolute atomic E-state index is 0.118. The van der Waals surface area contributed by atoms with E-state index in [9.17, 15) is 17.6 Å². The van der Waals surface area contributed by atoms with Crippen molar-refractivity contribution in [2.45, 2.75) is 19.9 Å². The fraction of sp³-hybridized carbons (Fsp3) is 0.357. The van der Waals surface area contributed by atoms with Gasteiger partial charge < -0.3 is 4.57 Å². The molecule has 22 heavy (non-hydrogen) atoms. The van der Waals surface area contributed by atoms with Gasteiger partial charge in [-0.15, -0.1) is 0 Å². The van der Waals surface area contributed by atoms with Gasteiger partial charge in [-0.1, -0.05) is 18.2 Å². The Morgan fingerprint density at radius 1 is 1.36 bits per heavy atom. The van der Waals surface area contributed by atoms with Crippen LogP contribution < -0.4 is 4.72 Å². The molecule has 0 aliphatic heterocycles. The topological polar surface area (TPSA) is 68.2 Å². The second-order valence-electron chi connectivity index (χ2n) is 4.89.